The van der Waals surface area contributed by atoms with E-state index in [1.165, 1.54) is 17.3 Å². The van der Waals surface area contributed by atoms with Crippen molar-refractivity contribution in [3.05, 3.63) is 29.8 Å². The quantitative estimate of drug-likeness (QED) is 0.777. The van der Waals surface area contributed by atoms with E-state index >= 15 is 0 Å². The molecule has 0 aliphatic carbocycles. The third kappa shape index (κ3) is 4.60. The molecule has 0 radical (unpaired) electrons. The van der Waals surface area contributed by atoms with Crippen molar-refractivity contribution >= 4 is 17.7 Å². The minimum Gasteiger partial charge on any atom is -0.369 e. The van der Waals surface area contributed by atoms with Gasteiger partial charge >= 0.3 is 0 Å². The van der Waals surface area contributed by atoms with Crippen LogP contribution in [-0.2, 0) is 16.8 Å². The summed E-state index contributed by atoms with van der Waals surface area (Å²) < 4.78 is 2.09. The number of carbonyl (C=O) groups is 1. The normalized spacial score (nSPS) is 11.7. The van der Waals surface area contributed by atoms with Crippen molar-refractivity contribution in [2.75, 3.05) is 5.75 Å². The van der Waals surface area contributed by atoms with E-state index < -0.39 is 0 Å². The van der Waals surface area contributed by atoms with Crippen LogP contribution in [0.5, 0.6) is 0 Å². The van der Waals surface area contributed by atoms with E-state index in [-0.39, 0.29) is 17.1 Å². The molecule has 6 heteroatoms. The van der Waals surface area contributed by atoms with Crippen LogP contribution >= 0.6 is 11.8 Å². The second-order valence-corrected chi connectivity index (χ2v) is 7.84. The van der Waals surface area contributed by atoms with Gasteiger partial charge in [0.1, 0.15) is 0 Å². The first kappa shape index (κ1) is 18.5. The highest BCUT2D eigenvalue weighted by molar-refractivity contribution is 7.99. The molecule has 2 aromatic rings. The summed E-state index contributed by atoms with van der Waals surface area (Å²) in [4.78, 5) is 11.1. The van der Waals surface area contributed by atoms with Gasteiger partial charge in [-0.2, -0.15) is 0 Å². The van der Waals surface area contributed by atoms with Gasteiger partial charge in [-0.25, -0.2) is 0 Å². The smallest absolute Gasteiger partial charge is 0.227 e. The molecule has 2 rings (SSSR count). The number of benzene rings is 1. The highest BCUT2D eigenvalue weighted by Gasteiger charge is 2.17. The molecule has 5 nitrogen and oxygen atoms in total. The second-order valence-electron chi connectivity index (χ2n) is 6.89. The SMILES string of the molecule is CCCCn1c(SCC(N)=O)nnc1-c1ccc(C(C)(C)C)cc1. The second kappa shape index (κ2) is 7.83. The van der Waals surface area contributed by atoms with E-state index in [1.807, 2.05) is 0 Å². The van der Waals surface area contributed by atoms with Gasteiger partial charge in [-0.1, -0.05) is 70.1 Å². The number of rotatable bonds is 7. The van der Waals surface area contributed by atoms with Crippen LogP contribution in [0.25, 0.3) is 11.4 Å². The number of nitrogens with zero attached hydrogens (tertiary/aromatic N) is 3. The van der Waals surface area contributed by atoms with Gasteiger partial charge in [0.2, 0.25) is 5.91 Å². The Balaban J connectivity index is 2.32. The molecule has 1 heterocycles. The molecule has 0 atom stereocenters. The first-order chi connectivity index (χ1) is 11.3. The van der Waals surface area contributed by atoms with Gasteiger partial charge < -0.3 is 10.3 Å². The lowest BCUT2D eigenvalue weighted by Gasteiger charge is -2.19. The molecule has 0 unspecified atom stereocenters. The standard InChI is InChI=1S/C18H26N4OS/c1-5-6-11-22-16(20-21-17(22)24-12-15(19)23)13-7-9-14(10-8-13)18(2,3)4/h7-10H,5-6,11-12H2,1-4H3,(H2,19,23). The van der Waals surface area contributed by atoms with E-state index in [0.29, 0.717) is 0 Å². The molecule has 24 heavy (non-hydrogen) atoms. The number of carbonyl (C=O) groups excluding carboxylic acids is 1. The summed E-state index contributed by atoms with van der Waals surface area (Å²) in [5, 5.41) is 9.35. The van der Waals surface area contributed by atoms with Crippen molar-refractivity contribution in [1.82, 2.24) is 14.8 Å². The zero-order chi connectivity index (χ0) is 17.7. The maximum absolute atomic E-state index is 11.1. The molecular weight excluding hydrogens is 320 g/mol. The van der Waals surface area contributed by atoms with Crippen LogP contribution in [-0.4, -0.2) is 26.4 Å². The molecule has 0 aliphatic rings. The molecule has 0 bridgehead atoms. The number of nitrogens with two attached hydrogens (primary N) is 1. The average Bonchev–Trinajstić information content (AvgIpc) is 2.93. The highest BCUT2D eigenvalue weighted by Crippen LogP contribution is 2.28. The van der Waals surface area contributed by atoms with Crippen molar-refractivity contribution in [2.24, 2.45) is 5.73 Å². The molecule has 1 aromatic heterocycles. The van der Waals surface area contributed by atoms with E-state index in [4.69, 9.17) is 5.73 Å². The van der Waals surface area contributed by atoms with Crippen LogP contribution < -0.4 is 5.73 Å². The number of primary amides is 1. The molecule has 0 saturated heterocycles. The van der Waals surface area contributed by atoms with Crippen LogP contribution in [0.1, 0.15) is 46.1 Å². The number of unbranched alkanes of at least 4 members (excludes halogenated alkanes) is 1. The highest BCUT2D eigenvalue weighted by atomic mass is 32.2. The number of aromatic nitrogens is 3. The van der Waals surface area contributed by atoms with Crippen LogP contribution in [0.15, 0.2) is 29.4 Å². The molecule has 2 N–H and O–H groups in total. The van der Waals surface area contributed by atoms with Crippen molar-refractivity contribution < 1.29 is 4.79 Å². The maximum atomic E-state index is 11.1. The molecule has 0 saturated carbocycles. The molecule has 130 valence electrons. The summed E-state index contributed by atoms with van der Waals surface area (Å²) in [5.74, 6) is 0.713. The lowest BCUT2D eigenvalue weighted by atomic mass is 9.87. The van der Waals surface area contributed by atoms with Gasteiger partial charge in [0.25, 0.3) is 0 Å². The summed E-state index contributed by atoms with van der Waals surface area (Å²) in [6, 6.07) is 8.47. The number of amides is 1. The van der Waals surface area contributed by atoms with Crippen LogP contribution in [0.3, 0.4) is 0 Å². The Morgan fingerprint density at radius 3 is 2.42 bits per heavy atom. The van der Waals surface area contributed by atoms with E-state index in [0.717, 1.165) is 35.9 Å². The lowest BCUT2D eigenvalue weighted by Crippen LogP contribution is -2.14. The maximum Gasteiger partial charge on any atom is 0.227 e. The van der Waals surface area contributed by atoms with E-state index in [1.54, 1.807) is 0 Å². The fourth-order valence-electron chi connectivity index (χ4n) is 2.38. The minimum absolute atomic E-state index is 0.122. The summed E-state index contributed by atoms with van der Waals surface area (Å²) >= 11 is 1.34. The third-order valence-electron chi connectivity index (χ3n) is 3.80. The Morgan fingerprint density at radius 2 is 1.88 bits per heavy atom. The van der Waals surface area contributed by atoms with Gasteiger partial charge in [0.05, 0.1) is 5.75 Å². The number of thioether (sulfide) groups is 1. The third-order valence-corrected chi connectivity index (χ3v) is 4.79. The Morgan fingerprint density at radius 1 is 1.21 bits per heavy atom. The minimum atomic E-state index is -0.346. The van der Waals surface area contributed by atoms with Crippen LogP contribution in [0, 0.1) is 0 Å². The molecule has 0 fully saturated rings. The predicted octanol–water partition coefficient (Wildman–Crippen LogP) is 3.62. The number of hydrogen-bond acceptors (Lipinski definition) is 4. The molecule has 0 spiro atoms. The van der Waals surface area contributed by atoms with E-state index in [2.05, 4.69) is 66.7 Å². The summed E-state index contributed by atoms with van der Waals surface area (Å²) in [6.07, 6.45) is 2.12. The summed E-state index contributed by atoms with van der Waals surface area (Å²) in [6.45, 7) is 9.58. The topological polar surface area (TPSA) is 73.8 Å². The molecule has 1 aromatic carbocycles. The fourth-order valence-corrected chi connectivity index (χ4v) is 3.09. The fraction of sp³-hybridized carbons (Fsp3) is 0.500. The van der Waals surface area contributed by atoms with E-state index in [9.17, 15) is 4.79 Å². The average molecular weight is 347 g/mol. The Hall–Kier alpha value is -1.82. The van der Waals surface area contributed by atoms with Gasteiger partial charge in [-0.3, -0.25) is 4.79 Å². The summed E-state index contributed by atoms with van der Waals surface area (Å²) in [7, 11) is 0. The number of hydrogen-bond donors (Lipinski definition) is 1. The van der Waals surface area contributed by atoms with Crippen molar-refractivity contribution in [3.8, 4) is 11.4 Å². The Kier molecular flexibility index (Phi) is 6.04. The monoisotopic (exact) mass is 346 g/mol. The van der Waals surface area contributed by atoms with Crippen molar-refractivity contribution in [2.45, 2.75) is 57.7 Å². The van der Waals surface area contributed by atoms with Crippen molar-refractivity contribution in [3.63, 3.8) is 0 Å². The van der Waals surface area contributed by atoms with Crippen molar-refractivity contribution in [1.29, 1.82) is 0 Å². The first-order valence-electron chi connectivity index (χ1n) is 8.28. The zero-order valence-corrected chi connectivity index (χ0v) is 15.7. The predicted molar refractivity (Wildman–Crippen MR) is 99.0 cm³/mol. The van der Waals surface area contributed by atoms with Gasteiger partial charge in [-0.05, 0) is 17.4 Å². The van der Waals surface area contributed by atoms with Crippen LogP contribution in [0.4, 0.5) is 0 Å². The molecule has 1 amide bonds. The van der Waals surface area contributed by atoms with Gasteiger partial charge in [-0.15, -0.1) is 10.2 Å². The molecule has 0 aliphatic heterocycles. The lowest BCUT2D eigenvalue weighted by molar-refractivity contribution is -0.115. The Bertz CT molecular complexity index is 686. The first-order valence-corrected chi connectivity index (χ1v) is 9.26. The summed E-state index contributed by atoms with van der Waals surface area (Å²) in [5.41, 5.74) is 7.70. The van der Waals surface area contributed by atoms with Gasteiger partial charge in [0.15, 0.2) is 11.0 Å². The largest absolute Gasteiger partial charge is 0.369 e. The Labute approximate surface area is 148 Å². The van der Waals surface area contributed by atoms with Crippen LogP contribution in [0.2, 0.25) is 0 Å². The van der Waals surface area contributed by atoms with Gasteiger partial charge in [0, 0.05) is 12.1 Å². The molecular formula is C18H26N4OS. The zero-order valence-electron chi connectivity index (χ0n) is 14.9.